The highest BCUT2D eigenvalue weighted by Crippen LogP contribution is 2.19. The molecule has 1 nitrogen and oxygen atoms in total. The van der Waals surface area contributed by atoms with E-state index in [9.17, 15) is 0 Å². The van der Waals surface area contributed by atoms with Crippen molar-refractivity contribution in [1.82, 2.24) is 0 Å². The largest absolute Gasteiger partial charge is 1.00 e. The number of rotatable bonds is 30. The van der Waals surface area contributed by atoms with Crippen LogP contribution in [-0.4, -0.2) is 30.7 Å². The third-order valence-corrected chi connectivity index (χ3v) is 8.37. The summed E-state index contributed by atoms with van der Waals surface area (Å²) in [6.07, 6.45) is 37.9. The summed E-state index contributed by atoms with van der Waals surface area (Å²) in [5.74, 6) is 0. The van der Waals surface area contributed by atoms with Crippen LogP contribution in [0.5, 0.6) is 0 Å². The molecule has 0 N–H and O–H groups in total. The fourth-order valence-electron chi connectivity index (χ4n) is 6.20. The van der Waals surface area contributed by atoms with Gasteiger partial charge in [0.2, 0.25) is 0 Å². The summed E-state index contributed by atoms with van der Waals surface area (Å²) in [5.41, 5.74) is 0. The molecule has 0 aliphatic carbocycles. The fourth-order valence-corrected chi connectivity index (χ4v) is 6.20. The zero-order valence-corrected chi connectivity index (χ0v) is 26.8. The van der Waals surface area contributed by atoms with Crippen LogP contribution in [0.4, 0.5) is 0 Å². The molecule has 0 unspecified atom stereocenters. The molecule has 0 bridgehead atoms. The Morgan fingerprint density at radius 2 is 0.472 bits per heavy atom. The minimum absolute atomic E-state index is 0. The van der Waals surface area contributed by atoms with Gasteiger partial charge in [-0.15, -0.1) is 0 Å². The van der Waals surface area contributed by atoms with Crippen molar-refractivity contribution in [3.63, 3.8) is 0 Å². The van der Waals surface area contributed by atoms with Gasteiger partial charge in [0.15, 0.2) is 0 Å². The van der Waals surface area contributed by atoms with E-state index in [1.165, 1.54) is 198 Å². The first-order chi connectivity index (χ1) is 17.2. The van der Waals surface area contributed by atoms with Gasteiger partial charge in [0.25, 0.3) is 0 Å². The number of hydrogen-bond acceptors (Lipinski definition) is 0. The Balaban J connectivity index is 0. The molecular weight excluding hydrogens is 458 g/mol. The number of halogens is 1. The molecule has 0 saturated carbocycles. The summed E-state index contributed by atoms with van der Waals surface area (Å²) in [6.45, 7) is 15.2. The van der Waals surface area contributed by atoms with Gasteiger partial charge in [0, 0.05) is 0 Å². The van der Waals surface area contributed by atoms with Gasteiger partial charge >= 0.3 is 0 Å². The van der Waals surface area contributed by atoms with Gasteiger partial charge in [-0.25, -0.2) is 0 Å². The van der Waals surface area contributed by atoms with Gasteiger partial charge in [-0.1, -0.05) is 156 Å². The summed E-state index contributed by atoms with van der Waals surface area (Å²) in [6, 6.07) is 0. The Hall–Kier alpha value is 0.250. The zero-order valence-electron chi connectivity index (χ0n) is 26.0. The van der Waals surface area contributed by atoms with E-state index < -0.39 is 0 Å². The van der Waals surface area contributed by atoms with Crippen molar-refractivity contribution in [3.05, 3.63) is 0 Å². The van der Waals surface area contributed by atoms with Crippen molar-refractivity contribution < 1.29 is 16.9 Å². The molecule has 0 aromatic heterocycles. The Morgan fingerprint density at radius 3 is 0.694 bits per heavy atom. The van der Waals surface area contributed by atoms with E-state index in [1.807, 2.05) is 0 Å². The van der Waals surface area contributed by atoms with E-state index in [-0.39, 0.29) is 12.4 Å². The van der Waals surface area contributed by atoms with Crippen molar-refractivity contribution in [3.8, 4) is 0 Å². The Kier molecular flexibility index (Phi) is 33.6. The second-order valence-electron chi connectivity index (χ2n) is 12.0. The van der Waals surface area contributed by atoms with Crippen LogP contribution in [0.1, 0.15) is 195 Å². The van der Waals surface area contributed by atoms with Crippen LogP contribution < -0.4 is 12.4 Å². The molecule has 0 spiro atoms. The summed E-state index contributed by atoms with van der Waals surface area (Å²) < 4.78 is 1.43. The molecule has 0 aliphatic rings. The van der Waals surface area contributed by atoms with E-state index in [4.69, 9.17) is 0 Å². The van der Waals surface area contributed by atoms with Crippen molar-refractivity contribution in [2.45, 2.75) is 195 Å². The molecule has 0 saturated heterocycles. The van der Waals surface area contributed by atoms with Crippen LogP contribution in [0, 0.1) is 0 Å². The summed E-state index contributed by atoms with van der Waals surface area (Å²) in [4.78, 5) is 0. The van der Waals surface area contributed by atoms with Crippen LogP contribution >= 0.6 is 0 Å². The van der Waals surface area contributed by atoms with E-state index >= 15 is 0 Å². The smallest absolute Gasteiger partial charge is 0.0786 e. The van der Waals surface area contributed by atoms with E-state index in [2.05, 4.69) is 27.7 Å². The third kappa shape index (κ3) is 25.9. The minimum atomic E-state index is 0. The van der Waals surface area contributed by atoms with E-state index in [0.29, 0.717) is 0 Å². The maximum atomic E-state index is 2.41. The van der Waals surface area contributed by atoms with Crippen LogP contribution in [0.3, 0.4) is 0 Å². The molecule has 0 atom stereocenters. The molecule has 0 amide bonds. The van der Waals surface area contributed by atoms with Gasteiger partial charge in [-0.05, 0) is 38.5 Å². The van der Waals surface area contributed by atoms with Crippen LogP contribution in [0.15, 0.2) is 0 Å². The summed E-state index contributed by atoms with van der Waals surface area (Å²) >= 11 is 0. The lowest BCUT2D eigenvalue weighted by Gasteiger charge is -2.39. The molecule has 2 heteroatoms. The monoisotopic (exact) mass is 530 g/mol. The molecule has 0 aliphatic heterocycles. The van der Waals surface area contributed by atoms with Crippen LogP contribution in [0.2, 0.25) is 0 Å². The number of nitrogens with zero attached hydrogens (tertiary/aromatic N) is 1. The first-order valence-electron chi connectivity index (χ1n) is 17.1. The first kappa shape index (κ1) is 38.4. The Bertz CT molecular complexity index is 347. The predicted octanol–water partition coefficient (Wildman–Crippen LogP) is 9.03. The molecular formula is C34H72ClN. The molecule has 0 rings (SSSR count). The normalized spacial score (nSPS) is 11.7. The van der Waals surface area contributed by atoms with Gasteiger partial charge in [0.05, 0.1) is 26.2 Å². The topological polar surface area (TPSA) is 0 Å². The van der Waals surface area contributed by atoms with Crippen LogP contribution in [0.25, 0.3) is 0 Å². The SMILES string of the molecule is CCCCCCCCCCCCCC[N+](CCC)(CCC)CCCCCCCCCCCCCC.[Cl-]. The van der Waals surface area contributed by atoms with Crippen molar-refractivity contribution in [2.75, 3.05) is 26.2 Å². The van der Waals surface area contributed by atoms with E-state index in [1.54, 1.807) is 0 Å². The second kappa shape index (κ2) is 31.5. The van der Waals surface area contributed by atoms with Crippen LogP contribution in [-0.2, 0) is 0 Å². The van der Waals surface area contributed by atoms with E-state index in [0.717, 1.165) is 0 Å². The molecule has 0 radical (unpaired) electrons. The van der Waals surface area contributed by atoms with Gasteiger partial charge < -0.3 is 16.9 Å². The van der Waals surface area contributed by atoms with Crippen molar-refractivity contribution in [1.29, 1.82) is 0 Å². The maximum absolute atomic E-state index is 2.41. The zero-order chi connectivity index (χ0) is 25.7. The summed E-state index contributed by atoms with van der Waals surface area (Å²) in [7, 11) is 0. The Labute approximate surface area is 237 Å². The second-order valence-corrected chi connectivity index (χ2v) is 12.0. The average molecular weight is 530 g/mol. The highest BCUT2D eigenvalue weighted by Gasteiger charge is 2.24. The highest BCUT2D eigenvalue weighted by molar-refractivity contribution is 4.53. The van der Waals surface area contributed by atoms with Crippen molar-refractivity contribution in [2.24, 2.45) is 0 Å². The van der Waals surface area contributed by atoms with Gasteiger partial charge in [0.1, 0.15) is 0 Å². The molecule has 36 heavy (non-hydrogen) atoms. The number of hydrogen-bond donors (Lipinski definition) is 0. The number of quaternary nitrogens is 1. The lowest BCUT2D eigenvalue weighted by molar-refractivity contribution is -0.928. The molecule has 0 heterocycles. The maximum Gasteiger partial charge on any atom is 0.0786 e. The standard InChI is InChI=1S/C34H72N.ClH/c1-5-9-11-13-15-17-19-21-23-25-27-29-33-35(31-7-3,32-8-4)34-30-28-26-24-22-20-18-16-14-12-10-6-2;/h5-34H2,1-4H3;1H/q+1;/p-1. The molecule has 220 valence electrons. The predicted molar refractivity (Wildman–Crippen MR) is 162 cm³/mol. The first-order valence-corrected chi connectivity index (χ1v) is 17.1. The lowest BCUT2D eigenvalue weighted by Crippen LogP contribution is -3.00. The van der Waals surface area contributed by atoms with Gasteiger partial charge in [-0.3, -0.25) is 0 Å². The third-order valence-electron chi connectivity index (χ3n) is 8.37. The summed E-state index contributed by atoms with van der Waals surface area (Å²) in [5, 5.41) is 0. The molecule has 0 aromatic rings. The highest BCUT2D eigenvalue weighted by atomic mass is 35.5. The molecule has 0 aromatic carbocycles. The fraction of sp³-hybridized carbons (Fsp3) is 1.00. The minimum Gasteiger partial charge on any atom is -1.00 e. The lowest BCUT2D eigenvalue weighted by atomic mass is 10.0. The average Bonchev–Trinajstić information content (AvgIpc) is 2.85. The van der Waals surface area contributed by atoms with Crippen molar-refractivity contribution >= 4 is 0 Å². The quantitative estimate of drug-likeness (QED) is 0.0642. The van der Waals surface area contributed by atoms with Gasteiger partial charge in [-0.2, -0.15) is 0 Å². The Morgan fingerprint density at radius 1 is 0.250 bits per heavy atom. The molecule has 0 fully saturated rings. The number of unbranched alkanes of at least 4 members (excludes halogenated alkanes) is 22.